The van der Waals surface area contributed by atoms with Crippen LogP contribution in [-0.4, -0.2) is 29.6 Å². The lowest BCUT2D eigenvalue weighted by atomic mass is 9.58. The van der Waals surface area contributed by atoms with Crippen molar-refractivity contribution in [3.8, 4) is 5.75 Å². The van der Waals surface area contributed by atoms with Crippen molar-refractivity contribution in [3.63, 3.8) is 0 Å². The molecule has 0 unspecified atom stereocenters. The van der Waals surface area contributed by atoms with Crippen LogP contribution in [0, 0.1) is 5.92 Å². The summed E-state index contributed by atoms with van der Waals surface area (Å²) in [5.74, 6) is 1.38. The predicted octanol–water partition coefficient (Wildman–Crippen LogP) is 3.77. The van der Waals surface area contributed by atoms with E-state index in [1.54, 1.807) is 14.2 Å². The Labute approximate surface area is 178 Å². The number of amides is 1. The highest BCUT2D eigenvalue weighted by Gasteiger charge is 2.49. The summed E-state index contributed by atoms with van der Waals surface area (Å²) in [6.07, 6.45) is 3.53. The number of methoxy groups -OCH3 is 1. The second-order valence-corrected chi connectivity index (χ2v) is 8.70. The van der Waals surface area contributed by atoms with Crippen LogP contribution < -0.4 is 15.6 Å². The Morgan fingerprint density at radius 1 is 1.31 bits per heavy atom. The standard InChI is InChI=1S/C22H25BrN4O2/c1-14-10-22(11-14,21(28)26-24-2)16-8-18(23)20-19(9-16)27(13-25-20)12-15-4-6-17(29-3)7-5-15/h4-9,13-14,24H,10-12H2,1-3H3,(H,26,28). The number of rotatable bonds is 6. The molecule has 2 N–H and O–H groups in total. The lowest BCUT2D eigenvalue weighted by Gasteiger charge is -2.45. The van der Waals surface area contributed by atoms with E-state index in [4.69, 9.17) is 4.74 Å². The van der Waals surface area contributed by atoms with Crippen molar-refractivity contribution in [3.05, 3.63) is 58.3 Å². The Morgan fingerprint density at radius 2 is 2.03 bits per heavy atom. The fourth-order valence-electron chi connectivity index (χ4n) is 4.37. The first-order chi connectivity index (χ1) is 14.0. The molecule has 3 aromatic rings. The molecule has 1 aliphatic carbocycles. The molecule has 0 atom stereocenters. The SMILES string of the molecule is CNNC(=O)C1(c2cc(Br)c3ncn(Cc4ccc(OC)cc4)c3c2)CC(C)C1. The maximum atomic E-state index is 12.9. The molecule has 152 valence electrons. The van der Waals surface area contributed by atoms with E-state index in [0.717, 1.165) is 45.2 Å². The number of nitrogens with zero attached hydrogens (tertiary/aromatic N) is 2. The van der Waals surface area contributed by atoms with Gasteiger partial charge in [0, 0.05) is 18.1 Å². The normalized spacial score (nSPS) is 21.0. The first kappa shape index (κ1) is 19.9. The van der Waals surface area contributed by atoms with Crippen LogP contribution in [0.2, 0.25) is 0 Å². The van der Waals surface area contributed by atoms with Crippen molar-refractivity contribution in [1.29, 1.82) is 0 Å². The fraction of sp³-hybridized carbons (Fsp3) is 0.364. The number of hydrogen-bond acceptors (Lipinski definition) is 4. The molecule has 0 saturated heterocycles. The number of imidazole rings is 1. The van der Waals surface area contributed by atoms with E-state index in [0.29, 0.717) is 12.5 Å². The van der Waals surface area contributed by atoms with Crippen molar-refractivity contribution < 1.29 is 9.53 Å². The summed E-state index contributed by atoms with van der Waals surface area (Å²) < 4.78 is 8.28. The second kappa shape index (κ2) is 7.80. The van der Waals surface area contributed by atoms with Gasteiger partial charge in [0.2, 0.25) is 5.91 Å². The van der Waals surface area contributed by atoms with Crippen molar-refractivity contribution in [2.24, 2.45) is 5.92 Å². The van der Waals surface area contributed by atoms with Crippen molar-refractivity contribution in [1.82, 2.24) is 20.4 Å². The Balaban J connectivity index is 1.73. The van der Waals surface area contributed by atoms with E-state index >= 15 is 0 Å². The fourth-order valence-corrected chi connectivity index (χ4v) is 4.92. The number of hydrogen-bond donors (Lipinski definition) is 2. The zero-order valence-corrected chi connectivity index (χ0v) is 18.4. The Morgan fingerprint density at radius 3 is 2.66 bits per heavy atom. The molecule has 0 aliphatic heterocycles. The quantitative estimate of drug-likeness (QED) is 0.553. The van der Waals surface area contributed by atoms with Gasteiger partial charge in [-0.15, -0.1) is 0 Å². The van der Waals surface area contributed by atoms with Gasteiger partial charge in [-0.25, -0.2) is 10.4 Å². The molecule has 29 heavy (non-hydrogen) atoms. The topological polar surface area (TPSA) is 68.2 Å². The van der Waals surface area contributed by atoms with Crippen molar-refractivity contribution in [2.45, 2.75) is 31.7 Å². The first-order valence-electron chi connectivity index (χ1n) is 9.72. The highest BCUT2D eigenvalue weighted by molar-refractivity contribution is 9.10. The minimum absolute atomic E-state index is 0.0190. The third-order valence-corrected chi connectivity index (χ3v) is 6.42. The number of carbonyl (C=O) groups excluding carboxylic acids is 1. The molecule has 0 radical (unpaired) electrons. The number of carbonyl (C=O) groups is 1. The maximum Gasteiger partial charge on any atom is 0.244 e. The predicted molar refractivity (Wildman–Crippen MR) is 117 cm³/mol. The smallest absolute Gasteiger partial charge is 0.244 e. The van der Waals surface area contributed by atoms with Gasteiger partial charge in [-0.1, -0.05) is 19.1 Å². The molecule has 6 nitrogen and oxygen atoms in total. The van der Waals surface area contributed by atoms with Crippen LogP contribution in [0.5, 0.6) is 5.75 Å². The van der Waals surface area contributed by atoms with Gasteiger partial charge in [0.1, 0.15) is 11.3 Å². The van der Waals surface area contributed by atoms with Crippen LogP contribution in [0.4, 0.5) is 0 Å². The number of ether oxygens (including phenoxy) is 1. The van der Waals surface area contributed by atoms with Gasteiger partial charge >= 0.3 is 0 Å². The van der Waals surface area contributed by atoms with Crippen molar-refractivity contribution >= 4 is 32.9 Å². The molecule has 1 amide bonds. The molecule has 0 bridgehead atoms. The van der Waals surface area contributed by atoms with Gasteiger partial charge in [0.05, 0.1) is 24.4 Å². The lowest BCUT2D eigenvalue weighted by molar-refractivity contribution is -0.132. The summed E-state index contributed by atoms with van der Waals surface area (Å²) in [6.45, 7) is 2.88. The van der Waals surface area contributed by atoms with Gasteiger partial charge < -0.3 is 9.30 Å². The lowest BCUT2D eigenvalue weighted by Crippen LogP contribution is -2.55. The van der Waals surface area contributed by atoms with E-state index in [1.165, 1.54) is 0 Å². The molecule has 1 fully saturated rings. The van der Waals surface area contributed by atoms with Crippen LogP contribution in [0.1, 0.15) is 30.9 Å². The van der Waals surface area contributed by atoms with Gasteiger partial charge in [-0.05, 0) is 70.1 Å². The van der Waals surface area contributed by atoms with E-state index in [9.17, 15) is 4.79 Å². The molecule has 2 aromatic carbocycles. The van der Waals surface area contributed by atoms with E-state index in [1.807, 2.05) is 24.5 Å². The van der Waals surface area contributed by atoms with Crippen LogP contribution in [0.15, 0.2) is 47.2 Å². The monoisotopic (exact) mass is 456 g/mol. The summed E-state index contributed by atoms with van der Waals surface area (Å²) >= 11 is 3.67. The third-order valence-electron chi connectivity index (χ3n) is 5.81. The number of fused-ring (bicyclic) bond motifs is 1. The Kier molecular flexibility index (Phi) is 5.36. The van der Waals surface area contributed by atoms with Gasteiger partial charge in [-0.3, -0.25) is 10.2 Å². The van der Waals surface area contributed by atoms with Gasteiger partial charge in [0.25, 0.3) is 0 Å². The number of halogens is 1. The average molecular weight is 457 g/mol. The van der Waals surface area contributed by atoms with Crippen LogP contribution >= 0.6 is 15.9 Å². The molecule has 0 spiro atoms. The van der Waals surface area contributed by atoms with E-state index in [-0.39, 0.29) is 5.91 Å². The third kappa shape index (κ3) is 3.53. The zero-order valence-electron chi connectivity index (χ0n) is 16.8. The van der Waals surface area contributed by atoms with Gasteiger partial charge in [0.15, 0.2) is 0 Å². The molecular weight excluding hydrogens is 432 g/mol. The molecule has 4 rings (SSSR count). The highest BCUT2D eigenvalue weighted by atomic mass is 79.9. The summed E-state index contributed by atoms with van der Waals surface area (Å²) in [7, 11) is 3.38. The van der Waals surface area contributed by atoms with Crippen LogP contribution in [0.3, 0.4) is 0 Å². The Hall–Kier alpha value is -2.38. The maximum absolute atomic E-state index is 12.9. The zero-order chi connectivity index (χ0) is 20.6. The van der Waals surface area contributed by atoms with Gasteiger partial charge in [-0.2, -0.15) is 0 Å². The second-order valence-electron chi connectivity index (χ2n) is 7.85. The molecule has 1 aliphatic rings. The minimum atomic E-state index is -0.506. The summed E-state index contributed by atoms with van der Waals surface area (Å²) in [4.78, 5) is 17.5. The number of benzene rings is 2. The summed E-state index contributed by atoms with van der Waals surface area (Å²) in [5.41, 5.74) is 9.18. The summed E-state index contributed by atoms with van der Waals surface area (Å²) in [6, 6.07) is 12.2. The highest BCUT2D eigenvalue weighted by Crippen LogP contribution is 2.49. The largest absolute Gasteiger partial charge is 0.497 e. The molecule has 1 saturated carbocycles. The number of aromatic nitrogens is 2. The Bertz CT molecular complexity index is 1040. The number of nitrogens with one attached hydrogen (secondary N) is 2. The van der Waals surface area contributed by atoms with E-state index < -0.39 is 5.41 Å². The molecule has 1 heterocycles. The van der Waals surface area contributed by atoms with E-state index in [2.05, 4.69) is 61.5 Å². The van der Waals surface area contributed by atoms with Crippen LogP contribution in [0.25, 0.3) is 11.0 Å². The molecule has 7 heteroatoms. The van der Waals surface area contributed by atoms with Crippen LogP contribution in [-0.2, 0) is 16.8 Å². The summed E-state index contributed by atoms with van der Waals surface area (Å²) in [5, 5.41) is 0. The first-order valence-corrected chi connectivity index (χ1v) is 10.5. The number of hydrazine groups is 1. The molecular formula is C22H25BrN4O2. The average Bonchev–Trinajstić information content (AvgIpc) is 3.09. The van der Waals surface area contributed by atoms with Crippen molar-refractivity contribution in [2.75, 3.05) is 14.2 Å². The minimum Gasteiger partial charge on any atom is -0.497 e. The molecule has 1 aromatic heterocycles.